The molecule has 3 heterocycles. The highest BCUT2D eigenvalue weighted by atomic mass is 35.5. The number of nitrogens with zero attached hydrogens (tertiary/aromatic N) is 4. The van der Waals surface area contributed by atoms with Crippen molar-refractivity contribution in [2.75, 3.05) is 72.1 Å². The molecule has 3 amide bonds. The molecule has 17 heteroatoms. The van der Waals surface area contributed by atoms with Gasteiger partial charge in [-0.2, -0.15) is 26.3 Å². The molecule has 0 saturated carbocycles. The number of esters is 1. The molecule has 58 heavy (non-hydrogen) atoms. The topological polar surface area (TPSA) is 85.4 Å². The number of carbonyl (C=O) groups excluding carboxylic acids is 3. The summed E-state index contributed by atoms with van der Waals surface area (Å²) in [4.78, 5) is 46.7. The zero-order valence-electron chi connectivity index (χ0n) is 31.9. The first kappa shape index (κ1) is 43.5. The molecule has 1 N–H and O–H groups in total. The van der Waals surface area contributed by atoms with Gasteiger partial charge in [0.25, 0.3) is 5.91 Å². The average molecular weight is 857 g/mol. The van der Waals surface area contributed by atoms with Crippen LogP contribution in [0.5, 0.6) is 0 Å². The van der Waals surface area contributed by atoms with Gasteiger partial charge in [-0.05, 0) is 80.6 Å². The lowest BCUT2D eigenvalue weighted by Crippen LogP contribution is -2.59. The maximum atomic E-state index is 13.8. The summed E-state index contributed by atoms with van der Waals surface area (Å²) >= 11 is 12.7. The zero-order chi connectivity index (χ0) is 41.9. The van der Waals surface area contributed by atoms with E-state index in [0.717, 1.165) is 11.1 Å². The summed E-state index contributed by atoms with van der Waals surface area (Å²) < 4.78 is 87.1. The lowest BCUT2D eigenvalue weighted by atomic mass is 9.76. The molecule has 3 aliphatic rings. The number of benzene rings is 3. The third-order valence-corrected chi connectivity index (χ3v) is 12.4. The second-order valence-corrected chi connectivity index (χ2v) is 16.0. The summed E-state index contributed by atoms with van der Waals surface area (Å²) in [6, 6.07) is 15.6. The van der Waals surface area contributed by atoms with Gasteiger partial charge in [-0.3, -0.25) is 14.5 Å². The molecule has 0 bridgehead atoms. The fourth-order valence-electron chi connectivity index (χ4n) is 8.27. The van der Waals surface area contributed by atoms with E-state index in [4.69, 9.17) is 27.9 Å². The lowest BCUT2D eigenvalue weighted by molar-refractivity contribution is -0.145. The molecule has 3 aromatic rings. The van der Waals surface area contributed by atoms with E-state index < -0.39 is 45.9 Å². The number of piperidine rings is 1. The number of likely N-dealkylation sites (tertiary alicyclic amines) is 2. The maximum absolute atomic E-state index is 13.8. The van der Waals surface area contributed by atoms with Crippen molar-refractivity contribution in [1.82, 2.24) is 24.9 Å². The Morgan fingerprint density at radius 1 is 0.724 bits per heavy atom. The molecule has 9 nitrogen and oxygen atoms in total. The van der Waals surface area contributed by atoms with E-state index in [9.17, 15) is 40.7 Å². The molecule has 3 saturated heterocycles. The van der Waals surface area contributed by atoms with E-state index in [0.29, 0.717) is 95.3 Å². The van der Waals surface area contributed by atoms with Gasteiger partial charge in [0.1, 0.15) is 0 Å². The van der Waals surface area contributed by atoms with Crippen molar-refractivity contribution >= 4 is 41.1 Å². The van der Waals surface area contributed by atoms with E-state index >= 15 is 0 Å². The van der Waals surface area contributed by atoms with Crippen LogP contribution in [0.25, 0.3) is 0 Å². The summed E-state index contributed by atoms with van der Waals surface area (Å²) in [5, 5.41) is 3.94. The van der Waals surface area contributed by atoms with Crippen molar-refractivity contribution in [1.29, 1.82) is 0 Å². The largest absolute Gasteiger partial charge is 0.465 e. The third-order valence-electron chi connectivity index (χ3n) is 11.6. The monoisotopic (exact) mass is 855 g/mol. The Hall–Kier alpha value is -4.05. The Morgan fingerprint density at radius 3 is 1.95 bits per heavy atom. The minimum Gasteiger partial charge on any atom is -0.465 e. The van der Waals surface area contributed by atoms with Gasteiger partial charge in [-0.25, -0.2) is 4.79 Å². The van der Waals surface area contributed by atoms with Crippen LogP contribution in [0.2, 0.25) is 10.0 Å². The Bertz CT molecular complexity index is 1920. The minimum absolute atomic E-state index is 0.00796. The second kappa shape index (κ2) is 17.7. The summed E-state index contributed by atoms with van der Waals surface area (Å²) in [7, 11) is 0. The van der Waals surface area contributed by atoms with Crippen LogP contribution in [-0.4, -0.2) is 110 Å². The van der Waals surface area contributed by atoms with Crippen LogP contribution in [0.4, 0.5) is 31.1 Å². The van der Waals surface area contributed by atoms with E-state index in [2.05, 4.69) is 10.2 Å². The average Bonchev–Trinajstić information content (AvgIpc) is 3.64. The van der Waals surface area contributed by atoms with Gasteiger partial charge >= 0.3 is 24.4 Å². The number of hydrogen-bond acceptors (Lipinski definition) is 6. The molecular weight excluding hydrogens is 811 g/mol. The molecule has 1 atom stereocenters. The Labute approximate surface area is 343 Å². The molecule has 0 radical (unpaired) electrons. The summed E-state index contributed by atoms with van der Waals surface area (Å²) in [6.07, 6.45) is -8.14. The van der Waals surface area contributed by atoms with Crippen molar-refractivity contribution in [2.45, 2.75) is 55.9 Å². The first-order chi connectivity index (χ1) is 27.4. The van der Waals surface area contributed by atoms with Crippen LogP contribution >= 0.6 is 23.2 Å². The first-order valence-corrected chi connectivity index (χ1v) is 19.9. The molecule has 3 fully saturated rings. The number of ether oxygens (including phenoxy) is 1. The number of rotatable bonds is 10. The fraction of sp³-hybridized carbons (Fsp3) is 0.488. The van der Waals surface area contributed by atoms with Crippen molar-refractivity contribution < 1.29 is 45.5 Å². The number of hydrogen-bond donors (Lipinski definition) is 1. The molecule has 3 aliphatic heterocycles. The number of halogens is 8. The Kier molecular flexibility index (Phi) is 13.3. The van der Waals surface area contributed by atoms with E-state index in [-0.39, 0.29) is 42.7 Å². The van der Waals surface area contributed by atoms with Crippen molar-refractivity contribution in [2.24, 2.45) is 0 Å². The third kappa shape index (κ3) is 10.0. The van der Waals surface area contributed by atoms with Crippen molar-refractivity contribution in [3.8, 4) is 0 Å². The Balaban J connectivity index is 1.16. The summed E-state index contributed by atoms with van der Waals surface area (Å²) in [6.45, 7) is 6.11. The number of amides is 3. The summed E-state index contributed by atoms with van der Waals surface area (Å²) in [5.74, 6) is -1.23. The molecule has 3 aromatic carbocycles. The molecule has 314 valence electrons. The molecule has 1 unspecified atom stereocenters. The Morgan fingerprint density at radius 2 is 1.36 bits per heavy atom. The van der Waals surface area contributed by atoms with E-state index in [1.165, 1.54) is 4.90 Å². The quantitative estimate of drug-likeness (QED) is 0.164. The van der Waals surface area contributed by atoms with E-state index in [1.54, 1.807) is 30.0 Å². The normalized spacial score (nSPS) is 20.6. The van der Waals surface area contributed by atoms with E-state index in [1.807, 2.05) is 35.2 Å². The first-order valence-electron chi connectivity index (χ1n) is 19.2. The fourth-order valence-corrected chi connectivity index (χ4v) is 8.57. The molecular formula is C41H45Cl2F6N5O4. The SMILES string of the molecule is CCOC(=O)CN1CCN(C(=O)NC2(c3ccccc3)CCN(CCC3(c4ccc(Cl)c(Cl)c4)CCN(C(=O)c4cc(C(F)(F)F)cc(C(F)(F)F)c4)C3)CC2)CC1. The van der Waals surface area contributed by atoms with Gasteiger partial charge in [0.2, 0.25) is 0 Å². The number of carbonyl (C=O) groups is 3. The van der Waals surface area contributed by atoms with Crippen molar-refractivity contribution in [3.05, 3.63) is 105 Å². The highest BCUT2D eigenvalue weighted by molar-refractivity contribution is 6.42. The number of alkyl halides is 6. The molecule has 6 rings (SSSR count). The van der Waals surface area contributed by atoms with Crippen LogP contribution in [0.15, 0.2) is 66.7 Å². The van der Waals surface area contributed by atoms with Crippen molar-refractivity contribution in [3.63, 3.8) is 0 Å². The van der Waals surface area contributed by atoms with Gasteiger partial charge in [0, 0.05) is 63.3 Å². The number of urea groups is 1. The maximum Gasteiger partial charge on any atom is 0.416 e. The number of piperazine rings is 1. The van der Waals surface area contributed by atoms with Crippen LogP contribution < -0.4 is 5.32 Å². The zero-order valence-corrected chi connectivity index (χ0v) is 33.4. The predicted molar refractivity (Wildman–Crippen MR) is 207 cm³/mol. The van der Waals surface area contributed by atoms with Crippen LogP contribution in [0.1, 0.15) is 65.2 Å². The molecule has 0 aromatic heterocycles. The molecule has 0 spiro atoms. The summed E-state index contributed by atoms with van der Waals surface area (Å²) in [5.41, 5.74) is -3.47. The second-order valence-electron chi connectivity index (χ2n) is 15.2. The van der Waals surface area contributed by atoms with Crippen LogP contribution in [0.3, 0.4) is 0 Å². The van der Waals surface area contributed by atoms with Gasteiger partial charge in [-0.15, -0.1) is 0 Å². The van der Waals surface area contributed by atoms with Crippen LogP contribution in [0, 0.1) is 0 Å². The lowest BCUT2D eigenvalue weighted by Gasteiger charge is -2.45. The molecule has 0 aliphatic carbocycles. The highest BCUT2D eigenvalue weighted by Crippen LogP contribution is 2.43. The minimum atomic E-state index is -5.09. The predicted octanol–water partition coefficient (Wildman–Crippen LogP) is 8.09. The van der Waals surface area contributed by atoms with Gasteiger partial charge in [0.05, 0.1) is 39.9 Å². The smallest absolute Gasteiger partial charge is 0.416 e. The van der Waals surface area contributed by atoms with Gasteiger partial charge in [0.15, 0.2) is 0 Å². The van der Waals surface area contributed by atoms with Gasteiger partial charge in [-0.1, -0.05) is 59.6 Å². The van der Waals surface area contributed by atoms with Crippen LogP contribution in [-0.2, 0) is 32.8 Å². The number of nitrogens with one attached hydrogen (secondary N) is 1. The standard InChI is InChI=1S/C41H45Cl2F6N5O4/c1-2-58-35(55)26-52-18-20-53(21-19-52)37(57)50-39(29-6-4-3-5-7-29)12-15-51(16-13-39)14-10-38(30-8-9-33(42)34(43)25-30)11-17-54(27-38)36(56)28-22-31(40(44,45)46)24-32(23-28)41(47,48)49/h3-9,22-25H,2,10-21,26-27H2,1H3,(H,50,57). The highest BCUT2D eigenvalue weighted by Gasteiger charge is 2.45. The van der Waals surface area contributed by atoms with Gasteiger partial charge < -0.3 is 24.8 Å².